The van der Waals surface area contributed by atoms with Gasteiger partial charge in [-0.15, -0.1) is 0 Å². The summed E-state index contributed by atoms with van der Waals surface area (Å²) in [6.45, 7) is 2.93. The zero-order valence-electron chi connectivity index (χ0n) is 8.95. The molecule has 1 rings (SSSR count). The number of nitrogens with one attached hydrogen (secondary N) is 2. The highest BCUT2D eigenvalue weighted by Crippen LogP contribution is 2.09. The molecule has 0 saturated heterocycles. The molecule has 0 bridgehead atoms. The average molecular weight is 226 g/mol. The molecule has 0 atom stereocenters. The van der Waals surface area contributed by atoms with Gasteiger partial charge in [0, 0.05) is 32.1 Å². The number of hydrogen-bond acceptors (Lipinski definition) is 4. The van der Waals surface area contributed by atoms with Crippen molar-refractivity contribution < 1.29 is 19.1 Å². The van der Waals surface area contributed by atoms with E-state index >= 15 is 0 Å². The summed E-state index contributed by atoms with van der Waals surface area (Å²) >= 11 is 0. The number of carboxylic acids is 1. The third-order valence-electron chi connectivity index (χ3n) is 1.93. The third-order valence-corrected chi connectivity index (χ3v) is 1.93. The number of carboxylic acid groups (broad SMARTS) is 1. The maximum atomic E-state index is 10.7. The number of carbonyl (C=O) groups is 2. The molecule has 0 aromatic carbocycles. The van der Waals surface area contributed by atoms with Crippen LogP contribution in [-0.2, 0) is 11.3 Å². The van der Waals surface area contributed by atoms with Gasteiger partial charge < -0.3 is 20.2 Å². The molecule has 0 unspecified atom stereocenters. The van der Waals surface area contributed by atoms with Crippen molar-refractivity contribution in [2.75, 3.05) is 13.1 Å². The Labute approximate surface area is 92.6 Å². The topological polar surface area (TPSA) is 91.6 Å². The molecule has 3 N–H and O–H groups in total. The van der Waals surface area contributed by atoms with Crippen LogP contribution in [0.5, 0.6) is 0 Å². The number of furan rings is 1. The van der Waals surface area contributed by atoms with Crippen molar-refractivity contribution in [1.82, 2.24) is 10.6 Å². The predicted octanol–water partition coefficient (Wildman–Crippen LogP) is 0.203. The highest BCUT2D eigenvalue weighted by atomic mass is 16.4. The maximum Gasteiger partial charge on any atom is 0.372 e. The van der Waals surface area contributed by atoms with Gasteiger partial charge in [-0.25, -0.2) is 4.79 Å². The molecule has 16 heavy (non-hydrogen) atoms. The Morgan fingerprint density at radius 3 is 2.81 bits per heavy atom. The molecule has 1 heterocycles. The van der Waals surface area contributed by atoms with E-state index in [4.69, 9.17) is 9.52 Å². The van der Waals surface area contributed by atoms with Crippen LogP contribution in [0.15, 0.2) is 16.7 Å². The molecule has 0 aliphatic rings. The third kappa shape index (κ3) is 3.74. The Morgan fingerprint density at radius 2 is 2.19 bits per heavy atom. The van der Waals surface area contributed by atoms with E-state index < -0.39 is 5.97 Å². The Hall–Kier alpha value is -1.82. The molecule has 0 spiro atoms. The van der Waals surface area contributed by atoms with Gasteiger partial charge >= 0.3 is 5.97 Å². The summed E-state index contributed by atoms with van der Waals surface area (Å²) in [5.41, 5.74) is 0.593. The Kier molecular flexibility index (Phi) is 4.53. The summed E-state index contributed by atoms with van der Waals surface area (Å²) in [5, 5.41) is 14.4. The van der Waals surface area contributed by atoms with Crippen molar-refractivity contribution >= 4 is 11.9 Å². The van der Waals surface area contributed by atoms with E-state index in [0.29, 0.717) is 25.2 Å². The standard InChI is InChI=1S/C10H14N2O4/c1-7(13)12-4-3-11-6-8-2-5-16-9(8)10(14)15/h2,5,11H,3-4,6H2,1H3,(H,12,13)(H,14,15). The van der Waals surface area contributed by atoms with Crippen molar-refractivity contribution in [2.45, 2.75) is 13.5 Å². The first-order chi connectivity index (χ1) is 7.61. The molecule has 0 radical (unpaired) electrons. The van der Waals surface area contributed by atoms with E-state index in [-0.39, 0.29) is 11.7 Å². The summed E-state index contributed by atoms with van der Waals surface area (Å²) in [6.07, 6.45) is 1.34. The van der Waals surface area contributed by atoms with Gasteiger partial charge in [0.05, 0.1) is 6.26 Å². The van der Waals surface area contributed by atoms with Crippen molar-refractivity contribution in [3.63, 3.8) is 0 Å². The van der Waals surface area contributed by atoms with Crippen LogP contribution in [0.2, 0.25) is 0 Å². The number of amides is 1. The van der Waals surface area contributed by atoms with Crippen LogP contribution in [-0.4, -0.2) is 30.1 Å². The quantitative estimate of drug-likeness (QED) is 0.603. The normalized spacial score (nSPS) is 10.1. The predicted molar refractivity (Wildman–Crippen MR) is 56.1 cm³/mol. The number of aromatic carboxylic acids is 1. The van der Waals surface area contributed by atoms with E-state index in [1.54, 1.807) is 6.07 Å². The lowest BCUT2D eigenvalue weighted by atomic mass is 10.2. The van der Waals surface area contributed by atoms with E-state index in [2.05, 4.69) is 10.6 Å². The van der Waals surface area contributed by atoms with Gasteiger partial charge in [0.1, 0.15) is 0 Å². The summed E-state index contributed by atoms with van der Waals surface area (Å²) in [4.78, 5) is 21.2. The fourth-order valence-corrected chi connectivity index (χ4v) is 1.21. The van der Waals surface area contributed by atoms with Crippen molar-refractivity contribution in [1.29, 1.82) is 0 Å². The van der Waals surface area contributed by atoms with Crippen molar-refractivity contribution in [3.8, 4) is 0 Å². The van der Waals surface area contributed by atoms with Crippen LogP contribution in [0.4, 0.5) is 0 Å². The van der Waals surface area contributed by atoms with Gasteiger partial charge in [-0.1, -0.05) is 0 Å². The second-order valence-electron chi connectivity index (χ2n) is 3.24. The summed E-state index contributed by atoms with van der Waals surface area (Å²) in [7, 11) is 0. The molecule has 0 saturated carbocycles. The first kappa shape index (κ1) is 12.3. The monoisotopic (exact) mass is 226 g/mol. The minimum Gasteiger partial charge on any atom is -0.475 e. The lowest BCUT2D eigenvalue weighted by Crippen LogP contribution is -2.30. The molecule has 1 amide bonds. The second kappa shape index (κ2) is 5.92. The summed E-state index contributed by atoms with van der Waals surface area (Å²) < 4.78 is 4.81. The second-order valence-corrected chi connectivity index (χ2v) is 3.24. The molecular formula is C10H14N2O4. The Balaban J connectivity index is 2.29. The maximum absolute atomic E-state index is 10.7. The lowest BCUT2D eigenvalue weighted by Gasteiger charge is -2.04. The first-order valence-electron chi connectivity index (χ1n) is 4.86. The fraction of sp³-hybridized carbons (Fsp3) is 0.400. The van der Waals surface area contributed by atoms with Crippen molar-refractivity contribution in [3.05, 3.63) is 23.7 Å². The number of rotatable bonds is 6. The van der Waals surface area contributed by atoms with Gasteiger partial charge in [-0.2, -0.15) is 0 Å². The fourth-order valence-electron chi connectivity index (χ4n) is 1.21. The molecule has 1 aromatic rings. The molecule has 0 aliphatic heterocycles. The summed E-state index contributed by atoms with van der Waals surface area (Å²) in [6, 6.07) is 1.61. The minimum atomic E-state index is -1.08. The molecule has 0 fully saturated rings. The van der Waals surface area contributed by atoms with E-state index in [1.165, 1.54) is 13.2 Å². The lowest BCUT2D eigenvalue weighted by molar-refractivity contribution is -0.118. The van der Waals surface area contributed by atoms with Gasteiger partial charge in [0.25, 0.3) is 0 Å². The minimum absolute atomic E-state index is 0.0490. The first-order valence-corrected chi connectivity index (χ1v) is 4.86. The molecule has 6 heteroatoms. The zero-order valence-corrected chi connectivity index (χ0v) is 8.95. The molecule has 6 nitrogen and oxygen atoms in total. The van der Waals surface area contributed by atoms with Crippen LogP contribution in [0, 0.1) is 0 Å². The zero-order chi connectivity index (χ0) is 12.0. The van der Waals surface area contributed by atoms with E-state index in [9.17, 15) is 9.59 Å². The molecule has 88 valence electrons. The molecule has 1 aromatic heterocycles. The van der Waals surface area contributed by atoms with Crippen molar-refractivity contribution in [2.24, 2.45) is 0 Å². The van der Waals surface area contributed by atoms with Gasteiger partial charge in [0.15, 0.2) is 0 Å². The number of carbonyl (C=O) groups excluding carboxylic acids is 1. The van der Waals surface area contributed by atoms with Crippen LogP contribution in [0.1, 0.15) is 23.0 Å². The molecular weight excluding hydrogens is 212 g/mol. The number of hydrogen-bond donors (Lipinski definition) is 3. The average Bonchev–Trinajstić information content (AvgIpc) is 2.65. The van der Waals surface area contributed by atoms with Gasteiger partial charge in [-0.3, -0.25) is 4.79 Å². The van der Waals surface area contributed by atoms with E-state index in [1.807, 2.05) is 0 Å². The Morgan fingerprint density at radius 1 is 1.44 bits per heavy atom. The van der Waals surface area contributed by atoms with Crippen LogP contribution < -0.4 is 10.6 Å². The SMILES string of the molecule is CC(=O)NCCNCc1ccoc1C(=O)O. The van der Waals surface area contributed by atoms with Crippen LogP contribution >= 0.6 is 0 Å². The largest absolute Gasteiger partial charge is 0.475 e. The highest BCUT2D eigenvalue weighted by molar-refractivity contribution is 5.86. The smallest absolute Gasteiger partial charge is 0.372 e. The van der Waals surface area contributed by atoms with Gasteiger partial charge in [-0.05, 0) is 6.07 Å². The molecule has 0 aliphatic carbocycles. The highest BCUT2D eigenvalue weighted by Gasteiger charge is 2.12. The van der Waals surface area contributed by atoms with Crippen LogP contribution in [0.3, 0.4) is 0 Å². The Bertz CT molecular complexity index is 373. The van der Waals surface area contributed by atoms with Gasteiger partial charge in [0.2, 0.25) is 11.7 Å². The van der Waals surface area contributed by atoms with E-state index in [0.717, 1.165) is 0 Å². The summed E-state index contributed by atoms with van der Waals surface area (Å²) in [5.74, 6) is -1.22. The van der Waals surface area contributed by atoms with Crippen LogP contribution in [0.25, 0.3) is 0 Å².